The lowest BCUT2D eigenvalue weighted by atomic mass is 9.74. The van der Waals surface area contributed by atoms with Gasteiger partial charge in [0.1, 0.15) is 17.9 Å². The van der Waals surface area contributed by atoms with Crippen molar-refractivity contribution in [2.45, 2.75) is 70.9 Å². The van der Waals surface area contributed by atoms with Gasteiger partial charge in [-0.3, -0.25) is 9.59 Å². The molecule has 1 aromatic rings. The fourth-order valence-electron chi connectivity index (χ4n) is 4.45. The summed E-state index contributed by atoms with van der Waals surface area (Å²) in [5, 5.41) is 21.9. The van der Waals surface area contributed by atoms with Crippen LogP contribution in [0.1, 0.15) is 58.9 Å². The molecule has 0 saturated carbocycles. The van der Waals surface area contributed by atoms with E-state index in [1.165, 1.54) is 6.92 Å². The second-order valence-electron chi connectivity index (χ2n) is 9.58. The molecule has 0 aliphatic carbocycles. The molecule has 2 rings (SSSR count). The SMILES string of the molecule is CCC1(c2cccc(OC(=O)[C@@H](C)[C@@H](O)C(=O)NC(C(=O)O)C(C)C)c2)CCCCN(C)C1. The maximum absolute atomic E-state index is 12.7. The van der Waals surface area contributed by atoms with E-state index in [4.69, 9.17) is 4.74 Å². The van der Waals surface area contributed by atoms with E-state index in [1.54, 1.807) is 19.9 Å². The first-order chi connectivity index (χ1) is 15.5. The van der Waals surface area contributed by atoms with Crippen molar-refractivity contribution in [3.05, 3.63) is 29.8 Å². The molecule has 2 unspecified atom stereocenters. The number of carbonyl (C=O) groups is 3. The third-order valence-corrected chi connectivity index (χ3v) is 6.70. The van der Waals surface area contributed by atoms with Crippen LogP contribution in [-0.4, -0.2) is 65.2 Å². The summed E-state index contributed by atoms with van der Waals surface area (Å²) in [7, 11) is 2.13. The van der Waals surface area contributed by atoms with Crippen LogP contribution < -0.4 is 10.1 Å². The van der Waals surface area contributed by atoms with Gasteiger partial charge in [0.15, 0.2) is 0 Å². The van der Waals surface area contributed by atoms with Gasteiger partial charge in [0.05, 0.1) is 5.92 Å². The molecule has 1 saturated heterocycles. The number of rotatable bonds is 9. The topological polar surface area (TPSA) is 116 Å². The summed E-state index contributed by atoms with van der Waals surface area (Å²) in [6.45, 7) is 8.84. The minimum atomic E-state index is -1.72. The highest BCUT2D eigenvalue weighted by Gasteiger charge is 2.35. The van der Waals surface area contributed by atoms with Gasteiger partial charge in [-0.1, -0.05) is 39.3 Å². The van der Waals surface area contributed by atoms with Crippen LogP contribution >= 0.6 is 0 Å². The first-order valence-corrected chi connectivity index (χ1v) is 11.7. The number of carboxylic acid groups (broad SMARTS) is 1. The van der Waals surface area contributed by atoms with E-state index in [-0.39, 0.29) is 11.3 Å². The molecule has 1 fully saturated rings. The quantitative estimate of drug-likeness (QED) is 0.381. The van der Waals surface area contributed by atoms with Crippen molar-refractivity contribution in [1.82, 2.24) is 10.2 Å². The number of amides is 1. The van der Waals surface area contributed by atoms with E-state index >= 15 is 0 Å². The molecule has 0 aromatic heterocycles. The molecule has 184 valence electrons. The Morgan fingerprint density at radius 3 is 2.52 bits per heavy atom. The van der Waals surface area contributed by atoms with Crippen LogP contribution in [0, 0.1) is 11.8 Å². The number of hydrogen-bond donors (Lipinski definition) is 3. The van der Waals surface area contributed by atoms with E-state index in [2.05, 4.69) is 30.3 Å². The smallest absolute Gasteiger partial charge is 0.326 e. The maximum Gasteiger partial charge on any atom is 0.326 e. The van der Waals surface area contributed by atoms with Gasteiger partial charge in [-0.15, -0.1) is 0 Å². The molecule has 1 aliphatic heterocycles. The van der Waals surface area contributed by atoms with Gasteiger partial charge in [-0.05, 0) is 63.4 Å². The molecular formula is C25H38N2O6. The molecule has 0 bridgehead atoms. The summed E-state index contributed by atoms with van der Waals surface area (Å²) in [5.41, 5.74) is 1.08. The van der Waals surface area contributed by atoms with Gasteiger partial charge in [-0.25, -0.2) is 4.79 Å². The molecule has 1 aliphatic rings. The van der Waals surface area contributed by atoms with Crippen LogP contribution in [0.5, 0.6) is 5.75 Å². The number of carbonyl (C=O) groups excluding carboxylic acids is 2. The fraction of sp³-hybridized carbons (Fsp3) is 0.640. The molecule has 8 nitrogen and oxygen atoms in total. The summed E-state index contributed by atoms with van der Waals surface area (Å²) < 4.78 is 5.52. The number of hydrogen-bond acceptors (Lipinski definition) is 6. The molecule has 1 heterocycles. The number of carboxylic acids is 1. The Labute approximate surface area is 196 Å². The van der Waals surface area contributed by atoms with E-state index in [0.29, 0.717) is 5.75 Å². The molecule has 4 atom stereocenters. The van der Waals surface area contributed by atoms with Gasteiger partial charge in [0, 0.05) is 12.0 Å². The summed E-state index contributed by atoms with van der Waals surface area (Å²) >= 11 is 0. The molecule has 1 amide bonds. The second kappa shape index (κ2) is 11.6. The Morgan fingerprint density at radius 1 is 1.21 bits per heavy atom. The monoisotopic (exact) mass is 462 g/mol. The minimum absolute atomic E-state index is 0.0264. The summed E-state index contributed by atoms with van der Waals surface area (Å²) in [5.74, 6) is -4.05. The van der Waals surface area contributed by atoms with E-state index in [0.717, 1.165) is 44.3 Å². The molecule has 8 heteroatoms. The van der Waals surface area contributed by atoms with E-state index < -0.39 is 35.9 Å². The molecule has 3 N–H and O–H groups in total. The van der Waals surface area contributed by atoms with E-state index in [9.17, 15) is 24.6 Å². The number of aliphatic hydroxyl groups is 1. The molecular weight excluding hydrogens is 424 g/mol. The van der Waals surface area contributed by atoms with Gasteiger partial charge in [0.2, 0.25) is 5.91 Å². The molecule has 0 spiro atoms. The summed E-state index contributed by atoms with van der Waals surface area (Å²) in [4.78, 5) is 38.6. The van der Waals surface area contributed by atoms with Gasteiger partial charge in [0.25, 0.3) is 0 Å². The summed E-state index contributed by atoms with van der Waals surface area (Å²) in [6.07, 6.45) is 2.59. The van der Waals surface area contributed by atoms with Crippen LogP contribution in [0.4, 0.5) is 0 Å². The van der Waals surface area contributed by atoms with Crippen molar-refractivity contribution in [1.29, 1.82) is 0 Å². The highest BCUT2D eigenvalue weighted by atomic mass is 16.5. The van der Waals surface area contributed by atoms with Crippen LogP contribution in [0.2, 0.25) is 0 Å². The molecule has 1 aromatic carbocycles. The van der Waals surface area contributed by atoms with Crippen molar-refractivity contribution < 1.29 is 29.3 Å². The highest BCUT2D eigenvalue weighted by molar-refractivity contribution is 5.90. The average Bonchev–Trinajstić information content (AvgIpc) is 2.97. The van der Waals surface area contributed by atoms with Crippen molar-refractivity contribution in [2.24, 2.45) is 11.8 Å². The third-order valence-electron chi connectivity index (χ3n) is 6.70. The van der Waals surface area contributed by atoms with Gasteiger partial charge in [-0.2, -0.15) is 0 Å². The average molecular weight is 463 g/mol. The van der Waals surface area contributed by atoms with Crippen LogP contribution in [0.15, 0.2) is 24.3 Å². The number of esters is 1. The molecule has 0 radical (unpaired) electrons. The first kappa shape index (κ1) is 26.8. The van der Waals surface area contributed by atoms with Crippen LogP contribution in [0.25, 0.3) is 0 Å². The largest absolute Gasteiger partial charge is 0.480 e. The van der Waals surface area contributed by atoms with Gasteiger partial charge < -0.3 is 25.2 Å². The standard InChI is InChI=1S/C25H38N2O6/c1-6-25(12-7-8-13-27(5)15-25)18-10-9-11-19(14-18)33-24(32)17(4)21(28)22(29)26-20(16(2)3)23(30)31/h9-11,14,16-17,20-21,28H,6-8,12-13,15H2,1-5H3,(H,26,29)(H,30,31)/t17-,20?,21+,25?/m0/s1. The normalized spacial score (nSPS) is 22.2. The Bertz CT molecular complexity index is 842. The Kier molecular flexibility index (Phi) is 9.43. The van der Waals surface area contributed by atoms with Crippen molar-refractivity contribution in [2.75, 3.05) is 20.1 Å². The number of benzene rings is 1. The molecule has 33 heavy (non-hydrogen) atoms. The highest BCUT2D eigenvalue weighted by Crippen LogP contribution is 2.37. The number of ether oxygens (including phenoxy) is 1. The zero-order valence-corrected chi connectivity index (χ0v) is 20.3. The van der Waals surface area contributed by atoms with Crippen molar-refractivity contribution in [3.8, 4) is 5.75 Å². The number of nitrogens with one attached hydrogen (secondary N) is 1. The number of aliphatic carboxylic acids is 1. The van der Waals surface area contributed by atoms with E-state index in [1.807, 2.05) is 12.1 Å². The Morgan fingerprint density at radius 2 is 1.91 bits per heavy atom. The minimum Gasteiger partial charge on any atom is -0.480 e. The number of likely N-dealkylation sites (tertiary alicyclic amines) is 1. The third kappa shape index (κ3) is 6.77. The number of aliphatic hydroxyl groups excluding tert-OH is 1. The zero-order chi connectivity index (χ0) is 24.8. The maximum atomic E-state index is 12.7. The summed E-state index contributed by atoms with van der Waals surface area (Å²) in [6, 6.07) is 6.32. The second-order valence-corrected chi connectivity index (χ2v) is 9.58. The number of likely N-dealkylation sites (N-methyl/N-ethyl adjacent to an activating group) is 1. The predicted molar refractivity (Wildman–Crippen MR) is 125 cm³/mol. The number of nitrogens with zero attached hydrogens (tertiary/aromatic N) is 1. The van der Waals surface area contributed by atoms with Crippen molar-refractivity contribution >= 4 is 17.8 Å². The fourth-order valence-corrected chi connectivity index (χ4v) is 4.45. The lowest BCUT2D eigenvalue weighted by molar-refractivity contribution is -0.150. The predicted octanol–water partition coefficient (Wildman–Crippen LogP) is 2.58. The van der Waals surface area contributed by atoms with Gasteiger partial charge >= 0.3 is 11.9 Å². The van der Waals surface area contributed by atoms with Crippen LogP contribution in [-0.2, 0) is 19.8 Å². The lowest BCUT2D eigenvalue weighted by Crippen LogP contribution is -2.50. The first-order valence-electron chi connectivity index (χ1n) is 11.7. The lowest BCUT2D eigenvalue weighted by Gasteiger charge is -2.35. The Hall–Kier alpha value is -2.45. The van der Waals surface area contributed by atoms with Crippen LogP contribution in [0.3, 0.4) is 0 Å². The Balaban J connectivity index is 2.12. The van der Waals surface area contributed by atoms with Crippen molar-refractivity contribution in [3.63, 3.8) is 0 Å². The zero-order valence-electron chi connectivity index (χ0n) is 20.3.